The summed E-state index contributed by atoms with van der Waals surface area (Å²) in [7, 11) is 0. The minimum atomic E-state index is -0.624. The van der Waals surface area contributed by atoms with E-state index in [1.165, 1.54) is 0 Å². The van der Waals surface area contributed by atoms with Gasteiger partial charge >= 0.3 is 5.97 Å². The van der Waals surface area contributed by atoms with Crippen molar-refractivity contribution in [3.05, 3.63) is 0 Å². The molecule has 1 aliphatic carbocycles. The van der Waals surface area contributed by atoms with E-state index >= 15 is 0 Å². The van der Waals surface area contributed by atoms with Crippen LogP contribution in [0.5, 0.6) is 0 Å². The molecule has 0 aromatic rings. The lowest BCUT2D eigenvalue weighted by Crippen LogP contribution is -2.34. The van der Waals surface area contributed by atoms with Crippen LogP contribution in [0.1, 0.15) is 12.8 Å². The normalized spacial score (nSPS) is 33.4. The van der Waals surface area contributed by atoms with E-state index in [-0.39, 0.29) is 5.92 Å². The summed E-state index contributed by atoms with van der Waals surface area (Å²) in [5.74, 6) is -0.680. The van der Waals surface area contributed by atoms with Crippen molar-refractivity contribution < 1.29 is 9.90 Å². The molecule has 9 heavy (non-hydrogen) atoms. The number of aliphatic carboxylic acids is 1. The SMILES string of the molecule is CSC1CCC1C(=O)O. The molecule has 1 fully saturated rings. The molecule has 0 saturated heterocycles. The summed E-state index contributed by atoms with van der Waals surface area (Å²) < 4.78 is 0. The molecule has 0 spiro atoms. The Labute approximate surface area is 58.6 Å². The highest BCUT2D eigenvalue weighted by molar-refractivity contribution is 7.99. The van der Waals surface area contributed by atoms with Crippen LogP contribution in [0.25, 0.3) is 0 Å². The maximum Gasteiger partial charge on any atom is 0.307 e. The lowest BCUT2D eigenvalue weighted by molar-refractivity contribution is -0.144. The van der Waals surface area contributed by atoms with Crippen LogP contribution >= 0.6 is 11.8 Å². The number of carboxylic acids is 1. The Balaban J connectivity index is 2.35. The first kappa shape index (κ1) is 6.93. The van der Waals surface area contributed by atoms with E-state index < -0.39 is 5.97 Å². The zero-order valence-corrected chi connectivity index (χ0v) is 6.15. The first-order chi connectivity index (χ1) is 4.25. The lowest BCUT2D eigenvalue weighted by atomic mass is 9.85. The van der Waals surface area contributed by atoms with Crippen LogP contribution in [-0.2, 0) is 4.79 Å². The summed E-state index contributed by atoms with van der Waals surface area (Å²) in [4.78, 5) is 10.3. The summed E-state index contributed by atoms with van der Waals surface area (Å²) in [6.45, 7) is 0. The molecule has 0 heterocycles. The smallest absolute Gasteiger partial charge is 0.307 e. The van der Waals surface area contributed by atoms with Crippen molar-refractivity contribution in [1.82, 2.24) is 0 Å². The molecule has 2 atom stereocenters. The van der Waals surface area contributed by atoms with Crippen molar-refractivity contribution in [3.63, 3.8) is 0 Å². The molecule has 1 aliphatic rings. The highest BCUT2D eigenvalue weighted by Crippen LogP contribution is 2.36. The van der Waals surface area contributed by atoms with Crippen LogP contribution in [-0.4, -0.2) is 22.6 Å². The summed E-state index contributed by atoms with van der Waals surface area (Å²) >= 11 is 1.67. The van der Waals surface area contributed by atoms with Gasteiger partial charge in [-0.05, 0) is 19.1 Å². The fourth-order valence-electron chi connectivity index (χ4n) is 1.03. The summed E-state index contributed by atoms with van der Waals surface area (Å²) in [6, 6.07) is 0. The first-order valence-electron chi connectivity index (χ1n) is 3.01. The molecule has 0 radical (unpaired) electrons. The molecule has 2 unspecified atom stereocenters. The quantitative estimate of drug-likeness (QED) is 0.636. The van der Waals surface area contributed by atoms with Gasteiger partial charge < -0.3 is 5.11 Å². The topological polar surface area (TPSA) is 37.3 Å². The van der Waals surface area contributed by atoms with Gasteiger partial charge in [-0.15, -0.1) is 0 Å². The van der Waals surface area contributed by atoms with Crippen molar-refractivity contribution >= 4 is 17.7 Å². The Kier molecular flexibility index (Phi) is 2.01. The predicted molar refractivity (Wildman–Crippen MR) is 37.7 cm³/mol. The molecule has 0 aromatic carbocycles. The van der Waals surface area contributed by atoms with E-state index in [1.54, 1.807) is 11.8 Å². The summed E-state index contributed by atoms with van der Waals surface area (Å²) in [5, 5.41) is 8.91. The van der Waals surface area contributed by atoms with Gasteiger partial charge in [0.1, 0.15) is 0 Å². The van der Waals surface area contributed by atoms with Crippen LogP contribution in [0.4, 0.5) is 0 Å². The number of thioether (sulfide) groups is 1. The van der Waals surface area contributed by atoms with Gasteiger partial charge in [-0.2, -0.15) is 11.8 Å². The maximum atomic E-state index is 10.3. The van der Waals surface area contributed by atoms with E-state index in [0.29, 0.717) is 5.25 Å². The monoisotopic (exact) mass is 146 g/mol. The Morgan fingerprint density at radius 3 is 2.44 bits per heavy atom. The maximum absolute atomic E-state index is 10.3. The van der Waals surface area contributed by atoms with Crippen LogP contribution in [0.15, 0.2) is 0 Å². The molecule has 3 heteroatoms. The van der Waals surface area contributed by atoms with Gasteiger partial charge in [0.15, 0.2) is 0 Å². The van der Waals surface area contributed by atoms with E-state index in [9.17, 15) is 4.79 Å². The molecule has 0 aliphatic heterocycles. The fraction of sp³-hybridized carbons (Fsp3) is 0.833. The van der Waals surface area contributed by atoms with Crippen LogP contribution in [0.3, 0.4) is 0 Å². The van der Waals surface area contributed by atoms with Gasteiger partial charge in [0.25, 0.3) is 0 Å². The number of carbonyl (C=O) groups is 1. The van der Waals surface area contributed by atoms with Crippen molar-refractivity contribution in [1.29, 1.82) is 0 Å². The molecule has 0 bridgehead atoms. The average Bonchev–Trinajstić information content (AvgIpc) is 1.61. The molecule has 2 nitrogen and oxygen atoms in total. The molecule has 1 saturated carbocycles. The number of rotatable bonds is 2. The summed E-state index contributed by atoms with van der Waals surface area (Å²) in [6.07, 6.45) is 3.93. The molecular formula is C6H10O2S. The second kappa shape index (κ2) is 2.60. The fourth-order valence-corrected chi connectivity index (χ4v) is 1.99. The van der Waals surface area contributed by atoms with Crippen LogP contribution in [0.2, 0.25) is 0 Å². The zero-order chi connectivity index (χ0) is 6.85. The van der Waals surface area contributed by atoms with E-state index in [0.717, 1.165) is 12.8 Å². The molecule has 0 aromatic heterocycles. The molecule has 1 rings (SSSR count). The Bertz CT molecular complexity index is 122. The molecule has 1 N–H and O–H groups in total. The van der Waals surface area contributed by atoms with Crippen molar-refractivity contribution in [2.24, 2.45) is 5.92 Å². The third kappa shape index (κ3) is 1.21. The third-order valence-electron chi connectivity index (χ3n) is 1.83. The van der Waals surface area contributed by atoms with Gasteiger partial charge in [-0.25, -0.2) is 0 Å². The first-order valence-corrected chi connectivity index (χ1v) is 4.30. The van der Waals surface area contributed by atoms with E-state index in [2.05, 4.69) is 0 Å². The lowest BCUT2D eigenvalue weighted by Gasteiger charge is -2.31. The minimum Gasteiger partial charge on any atom is -0.481 e. The predicted octanol–water partition coefficient (Wildman–Crippen LogP) is 1.21. The van der Waals surface area contributed by atoms with E-state index in [4.69, 9.17) is 5.11 Å². The highest BCUT2D eigenvalue weighted by atomic mass is 32.2. The van der Waals surface area contributed by atoms with Gasteiger partial charge in [0.2, 0.25) is 0 Å². The Morgan fingerprint density at radius 2 is 2.33 bits per heavy atom. The van der Waals surface area contributed by atoms with Crippen LogP contribution < -0.4 is 0 Å². The minimum absolute atomic E-state index is 0.0556. The van der Waals surface area contributed by atoms with Gasteiger partial charge in [-0.3, -0.25) is 4.79 Å². The van der Waals surface area contributed by atoms with Crippen LogP contribution in [0, 0.1) is 5.92 Å². The Morgan fingerprint density at radius 1 is 1.67 bits per heavy atom. The molecule has 0 amide bonds. The highest BCUT2D eigenvalue weighted by Gasteiger charge is 2.35. The van der Waals surface area contributed by atoms with Gasteiger partial charge in [0, 0.05) is 5.25 Å². The van der Waals surface area contributed by atoms with Crippen molar-refractivity contribution in [2.75, 3.05) is 6.26 Å². The Hall–Kier alpha value is -0.180. The van der Waals surface area contributed by atoms with Crippen molar-refractivity contribution in [3.8, 4) is 0 Å². The number of carboxylic acid groups (broad SMARTS) is 1. The second-order valence-corrected chi connectivity index (χ2v) is 3.37. The van der Waals surface area contributed by atoms with E-state index in [1.807, 2.05) is 6.26 Å². The number of hydrogen-bond donors (Lipinski definition) is 1. The largest absolute Gasteiger partial charge is 0.481 e. The zero-order valence-electron chi connectivity index (χ0n) is 5.33. The molecule has 52 valence electrons. The molecular weight excluding hydrogens is 136 g/mol. The second-order valence-electron chi connectivity index (χ2n) is 2.30. The van der Waals surface area contributed by atoms with Gasteiger partial charge in [0.05, 0.1) is 5.92 Å². The number of hydrogen-bond acceptors (Lipinski definition) is 2. The third-order valence-corrected chi connectivity index (χ3v) is 3.00. The average molecular weight is 146 g/mol. The standard InChI is InChI=1S/C6H10O2S/c1-9-5-3-2-4(5)6(7)8/h4-5H,2-3H2,1H3,(H,7,8). The van der Waals surface area contributed by atoms with Crippen molar-refractivity contribution in [2.45, 2.75) is 18.1 Å². The summed E-state index contributed by atoms with van der Waals surface area (Å²) in [5.41, 5.74) is 0. The van der Waals surface area contributed by atoms with Gasteiger partial charge in [-0.1, -0.05) is 0 Å².